The molecule has 0 bridgehead atoms. The van der Waals surface area contributed by atoms with E-state index in [0.717, 1.165) is 11.1 Å². The average Bonchev–Trinajstić information content (AvgIpc) is 2.78. The lowest BCUT2D eigenvalue weighted by molar-refractivity contribution is -0.146. The van der Waals surface area contributed by atoms with Gasteiger partial charge in [0.1, 0.15) is 12.4 Å². The van der Waals surface area contributed by atoms with Gasteiger partial charge in [0.05, 0.1) is 11.5 Å². The molecule has 3 rings (SSSR count). The minimum absolute atomic E-state index is 0.186. The Kier molecular flexibility index (Phi) is 7.01. The minimum atomic E-state index is -0.516. The molecule has 0 aliphatic rings. The topological polar surface area (TPSA) is 114 Å². The molecule has 0 unspecified atom stereocenters. The SMILES string of the molecule is C[C@@H](C(=O)OCc1ccccc1)c1ccc(OC(=O)c2ccc(NC(=N)N)cc2)cc1. The molecule has 4 N–H and O–H groups in total. The van der Waals surface area contributed by atoms with Gasteiger partial charge in [-0.05, 0) is 54.4 Å². The summed E-state index contributed by atoms with van der Waals surface area (Å²) in [6.45, 7) is 1.99. The third-order valence-electron chi connectivity index (χ3n) is 4.57. The van der Waals surface area contributed by atoms with Crippen LogP contribution in [0.2, 0.25) is 0 Å². The maximum absolute atomic E-state index is 12.3. The predicted molar refractivity (Wildman–Crippen MR) is 118 cm³/mol. The smallest absolute Gasteiger partial charge is 0.343 e. The molecule has 7 heteroatoms. The number of hydrogen-bond donors (Lipinski definition) is 3. The molecule has 0 heterocycles. The summed E-state index contributed by atoms with van der Waals surface area (Å²) >= 11 is 0. The van der Waals surface area contributed by atoms with E-state index in [1.54, 1.807) is 55.5 Å². The number of carbonyl (C=O) groups is 2. The van der Waals surface area contributed by atoms with Crippen molar-refractivity contribution in [2.75, 3.05) is 5.32 Å². The normalized spacial score (nSPS) is 11.3. The molecule has 0 saturated carbocycles. The molecule has 0 amide bonds. The van der Waals surface area contributed by atoms with Crippen molar-refractivity contribution in [2.45, 2.75) is 19.4 Å². The Morgan fingerprint density at radius 1 is 0.968 bits per heavy atom. The number of carbonyl (C=O) groups excluding carboxylic acids is 2. The fourth-order valence-electron chi connectivity index (χ4n) is 2.83. The summed E-state index contributed by atoms with van der Waals surface area (Å²) < 4.78 is 10.8. The highest BCUT2D eigenvalue weighted by atomic mass is 16.5. The number of guanidine groups is 1. The Morgan fingerprint density at radius 2 is 1.61 bits per heavy atom. The van der Waals surface area contributed by atoms with Gasteiger partial charge < -0.3 is 20.5 Å². The van der Waals surface area contributed by atoms with Gasteiger partial charge >= 0.3 is 11.9 Å². The van der Waals surface area contributed by atoms with Crippen molar-refractivity contribution in [2.24, 2.45) is 5.73 Å². The van der Waals surface area contributed by atoms with Gasteiger partial charge in [-0.1, -0.05) is 42.5 Å². The molecule has 0 aromatic heterocycles. The number of ether oxygens (including phenoxy) is 2. The molecular weight excluding hydrogens is 394 g/mol. The number of benzene rings is 3. The van der Waals surface area contributed by atoms with Crippen molar-refractivity contribution in [3.05, 3.63) is 95.6 Å². The van der Waals surface area contributed by atoms with E-state index in [1.807, 2.05) is 30.3 Å². The first-order valence-corrected chi connectivity index (χ1v) is 9.66. The van der Waals surface area contributed by atoms with E-state index < -0.39 is 11.9 Å². The second-order valence-corrected chi connectivity index (χ2v) is 6.89. The van der Waals surface area contributed by atoms with E-state index in [1.165, 1.54) is 0 Å². The van der Waals surface area contributed by atoms with Gasteiger partial charge in [0, 0.05) is 5.69 Å². The van der Waals surface area contributed by atoms with Crippen molar-refractivity contribution in [3.8, 4) is 5.75 Å². The van der Waals surface area contributed by atoms with E-state index in [2.05, 4.69) is 5.32 Å². The Labute approximate surface area is 180 Å². The zero-order valence-corrected chi connectivity index (χ0v) is 17.0. The van der Waals surface area contributed by atoms with Crippen molar-refractivity contribution < 1.29 is 19.1 Å². The number of nitrogens with two attached hydrogens (primary N) is 1. The Bertz CT molecular complexity index is 1050. The van der Waals surface area contributed by atoms with Crippen LogP contribution in [0.1, 0.15) is 34.3 Å². The van der Waals surface area contributed by atoms with Crippen molar-refractivity contribution >= 4 is 23.6 Å². The van der Waals surface area contributed by atoms with Crippen molar-refractivity contribution in [3.63, 3.8) is 0 Å². The monoisotopic (exact) mass is 417 g/mol. The second kappa shape index (κ2) is 10.1. The van der Waals surface area contributed by atoms with Gasteiger partial charge in [0.25, 0.3) is 0 Å². The summed E-state index contributed by atoms with van der Waals surface area (Å²) in [6.07, 6.45) is 0. The zero-order valence-electron chi connectivity index (χ0n) is 17.0. The highest BCUT2D eigenvalue weighted by Crippen LogP contribution is 2.22. The number of nitrogens with one attached hydrogen (secondary N) is 2. The summed E-state index contributed by atoms with van der Waals surface area (Å²) in [5.41, 5.74) is 7.92. The third kappa shape index (κ3) is 6.17. The van der Waals surface area contributed by atoms with Crippen molar-refractivity contribution in [1.29, 1.82) is 5.41 Å². The van der Waals surface area contributed by atoms with Crippen LogP contribution in [0.25, 0.3) is 0 Å². The van der Waals surface area contributed by atoms with Crippen LogP contribution in [0.5, 0.6) is 5.75 Å². The van der Waals surface area contributed by atoms with Crippen LogP contribution >= 0.6 is 0 Å². The van der Waals surface area contributed by atoms with Gasteiger partial charge in [-0.15, -0.1) is 0 Å². The lowest BCUT2D eigenvalue weighted by atomic mass is 10.0. The van der Waals surface area contributed by atoms with Gasteiger partial charge in [-0.25, -0.2) is 4.79 Å². The molecule has 0 spiro atoms. The Balaban J connectivity index is 1.55. The zero-order chi connectivity index (χ0) is 22.2. The molecule has 158 valence electrons. The highest BCUT2D eigenvalue weighted by Gasteiger charge is 2.17. The molecule has 3 aromatic carbocycles. The van der Waals surface area contributed by atoms with Crippen LogP contribution < -0.4 is 15.8 Å². The summed E-state index contributed by atoms with van der Waals surface area (Å²) in [4.78, 5) is 24.6. The van der Waals surface area contributed by atoms with E-state index in [4.69, 9.17) is 20.6 Å². The van der Waals surface area contributed by atoms with E-state index >= 15 is 0 Å². The molecule has 0 radical (unpaired) electrons. The predicted octanol–water partition coefficient (Wildman–Crippen LogP) is 4.06. The molecule has 0 aliphatic carbocycles. The first-order chi connectivity index (χ1) is 14.9. The van der Waals surface area contributed by atoms with Crippen LogP contribution in [0.4, 0.5) is 5.69 Å². The van der Waals surface area contributed by atoms with Crippen molar-refractivity contribution in [1.82, 2.24) is 0 Å². The lowest BCUT2D eigenvalue weighted by Crippen LogP contribution is -2.20. The molecule has 3 aromatic rings. The van der Waals surface area contributed by atoms with Crippen LogP contribution in [-0.2, 0) is 16.1 Å². The van der Waals surface area contributed by atoms with Gasteiger partial charge in [0.15, 0.2) is 5.96 Å². The third-order valence-corrected chi connectivity index (χ3v) is 4.57. The summed E-state index contributed by atoms with van der Waals surface area (Å²) in [5, 5.41) is 9.84. The molecule has 1 atom stereocenters. The van der Waals surface area contributed by atoms with E-state index in [0.29, 0.717) is 17.0 Å². The van der Waals surface area contributed by atoms with Crippen LogP contribution in [0.3, 0.4) is 0 Å². The second-order valence-electron chi connectivity index (χ2n) is 6.89. The first-order valence-electron chi connectivity index (χ1n) is 9.66. The van der Waals surface area contributed by atoms with Crippen LogP contribution in [-0.4, -0.2) is 17.9 Å². The number of hydrogen-bond acceptors (Lipinski definition) is 5. The Hall–Kier alpha value is -4.13. The number of esters is 2. The number of rotatable bonds is 7. The lowest BCUT2D eigenvalue weighted by Gasteiger charge is -2.13. The number of anilines is 1. The largest absolute Gasteiger partial charge is 0.460 e. The molecule has 31 heavy (non-hydrogen) atoms. The fraction of sp³-hybridized carbons (Fsp3) is 0.125. The molecule has 0 aliphatic heterocycles. The quantitative estimate of drug-likeness (QED) is 0.231. The highest BCUT2D eigenvalue weighted by molar-refractivity contribution is 5.93. The fourth-order valence-corrected chi connectivity index (χ4v) is 2.83. The van der Waals surface area contributed by atoms with Crippen LogP contribution in [0, 0.1) is 5.41 Å². The van der Waals surface area contributed by atoms with E-state index in [-0.39, 0.29) is 18.5 Å². The maximum atomic E-state index is 12.3. The van der Waals surface area contributed by atoms with Gasteiger partial charge in [0.2, 0.25) is 0 Å². The standard InChI is InChI=1S/C24H23N3O4/c1-16(22(28)30-15-17-5-3-2-4-6-17)18-9-13-21(14-10-18)31-23(29)19-7-11-20(12-8-19)27-24(25)26/h2-14,16H,15H2,1H3,(H4,25,26,27)/t16-/m1/s1. The maximum Gasteiger partial charge on any atom is 0.343 e. The Morgan fingerprint density at radius 3 is 2.23 bits per heavy atom. The van der Waals surface area contributed by atoms with E-state index in [9.17, 15) is 9.59 Å². The minimum Gasteiger partial charge on any atom is -0.460 e. The average molecular weight is 417 g/mol. The summed E-state index contributed by atoms with van der Waals surface area (Å²) in [5.74, 6) is -1.11. The first kappa shape index (κ1) is 21.6. The summed E-state index contributed by atoms with van der Waals surface area (Å²) in [6, 6.07) is 22.6. The molecule has 0 saturated heterocycles. The molecular formula is C24H23N3O4. The van der Waals surface area contributed by atoms with Gasteiger partial charge in [-0.2, -0.15) is 0 Å². The van der Waals surface area contributed by atoms with Crippen LogP contribution in [0.15, 0.2) is 78.9 Å². The summed E-state index contributed by atoms with van der Waals surface area (Å²) in [7, 11) is 0. The molecule has 7 nitrogen and oxygen atoms in total. The molecule has 0 fully saturated rings. The van der Waals surface area contributed by atoms with Gasteiger partial charge in [-0.3, -0.25) is 10.2 Å².